The van der Waals surface area contributed by atoms with Crippen LogP contribution in [-0.4, -0.2) is 53.4 Å². The number of likely N-dealkylation sites (tertiary alicyclic amines) is 1. The number of aliphatic hydroxyl groups is 1. The molecular weight excluding hydrogens is 342 g/mol. The van der Waals surface area contributed by atoms with E-state index >= 15 is 0 Å². The fraction of sp³-hybridized carbons (Fsp3) is 0.409. The highest BCUT2D eigenvalue weighted by Gasteiger charge is 2.49. The molecule has 1 aliphatic rings. The van der Waals surface area contributed by atoms with Gasteiger partial charge in [0, 0.05) is 19.6 Å². The smallest absolute Gasteiger partial charge is 0.313 e. The van der Waals surface area contributed by atoms with Gasteiger partial charge in [-0.15, -0.1) is 0 Å². The van der Waals surface area contributed by atoms with Crippen molar-refractivity contribution in [3.05, 3.63) is 71.8 Å². The van der Waals surface area contributed by atoms with E-state index in [1.54, 1.807) is 0 Å². The summed E-state index contributed by atoms with van der Waals surface area (Å²) < 4.78 is 5.74. The van der Waals surface area contributed by atoms with Gasteiger partial charge in [-0.2, -0.15) is 0 Å². The van der Waals surface area contributed by atoms with Crippen LogP contribution in [0.1, 0.15) is 17.5 Å². The maximum absolute atomic E-state index is 12.1. The lowest BCUT2D eigenvalue weighted by atomic mass is 9.73. The third kappa shape index (κ3) is 4.95. The van der Waals surface area contributed by atoms with Gasteiger partial charge in [0.15, 0.2) is 0 Å². The minimum Gasteiger partial charge on any atom is -0.481 e. The van der Waals surface area contributed by atoms with Crippen molar-refractivity contribution >= 4 is 5.97 Å². The first-order valence-corrected chi connectivity index (χ1v) is 9.39. The Bertz CT molecular complexity index is 722. The zero-order valence-electron chi connectivity index (χ0n) is 15.5. The van der Waals surface area contributed by atoms with Gasteiger partial charge in [0.25, 0.3) is 0 Å². The zero-order chi connectivity index (χ0) is 19.1. The van der Waals surface area contributed by atoms with Gasteiger partial charge in [-0.3, -0.25) is 9.69 Å². The number of piperidine rings is 1. The molecule has 1 aliphatic heterocycles. The van der Waals surface area contributed by atoms with Crippen molar-refractivity contribution in [1.82, 2.24) is 4.90 Å². The highest BCUT2D eigenvalue weighted by atomic mass is 16.5. The van der Waals surface area contributed by atoms with E-state index in [0.717, 1.165) is 11.1 Å². The summed E-state index contributed by atoms with van der Waals surface area (Å²) in [5, 5.41) is 20.5. The average Bonchev–Trinajstić information content (AvgIpc) is 2.69. The van der Waals surface area contributed by atoms with Gasteiger partial charge < -0.3 is 14.9 Å². The van der Waals surface area contributed by atoms with E-state index < -0.39 is 17.5 Å². The number of ether oxygens (including phenoxy) is 1. The topological polar surface area (TPSA) is 70.0 Å². The lowest BCUT2D eigenvalue weighted by Gasteiger charge is -2.43. The number of benzene rings is 2. The van der Waals surface area contributed by atoms with Crippen LogP contribution >= 0.6 is 0 Å². The summed E-state index contributed by atoms with van der Waals surface area (Å²) in [4.78, 5) is 14.2. The molecule has 0 bridgehead atoms. The van der Waals surface area contributed by atoms with Crippen LogP contribution in [0.3, 0.4) is 0 Å². The van der Waals surface area contributed by atoms with Gasteiger partial charge >= 0.3 is 5.97 Å². The van der Waals surface area contributed by atoms with E-state index in [1.165, 1.54) is 0 Å². The number of nitrogens with zero attached hydrogens (tertiary/aromatic N) is 1. The Balaban J connectivity index is 1.58. The van der Waals surface area contributed by atoms with Crippen molar-refractivity contribution < 1.29 is 19.7 Å². The molecule has 0 aromatic heterocycles. The SMILES string of the molecule is O=C(O)[C@@]1(Cc2ccccc2)CN(CCOCc2ccccc2)CC[C@@H]1O. The Labute approximate surface area is 160 Å². The third-order valence-electron chi connectivity index (χ3n) is 5.31. The van der Waals surface area contributed by atoms with Crippen LogP contribution in [0.2, 0.25) is 0 Å². The molecule has 27 heavy (non-hydrogen) atoms. The molecule has 0 amide bonds. The monoisotopic (exact) mass is 369 g/mol. The molecular formula is C22H27NO4. The molecule has 1 fully saturated rings. The number of carboxylic acid groups (broad SMARTS) is 1. The lowest BCUT2D eigenvalue weighted by Crippen LogP contribution is -2.57. The highest BCUT2D eigenvalue weighted by molar-refractivity contribution is 5.76. The molecule has 2 aromatic rings. The molecule has 2 atom stereocenters. The second-order valence-electron chi connectivity index (χ2n) is 7.24. The van der Waals surface area contributed by atoms with Crippen LogP contribution in [0.25, 0.3) is 0 Å². The van der Waals surface area contributed by atoms with Crippen molar-refractivity contribution in [3.8, 4) is 0 Å². The zero-order valence-corrected chi connectivity index (χ0v) is 15.5. The van der Waals surface area contributed by atoms with Crippen molar-refractivity contribution in [1.29, 1.82) is 0 Å². The molecule has 0 radical (unpaired) electrons. The van der Waals surface area contributed by atoms with Gasteiger partial charge in [-0.1, -0.05) is 60.7 Å². The molecule has 5 nitrogen and oxygen atoms in total. The first-order valence-electron chi connectivity index (χ1n) is 9.39. The van der Waals surface area contributed by atoms with Gasteiger partial charge in [0.2, 0.25) is 0 Å². The summed E-state index contributed by atoms with van der Waals surface area (Å²) in [5.74, 6) is -0.936. The van der Waals surface area contributed by atoms with Crippen molar-refractivity contribution in [3.63, 3.8) is 0 Å². The number of hydrogen-bond donors (Lipinski definition) is 2. The molecule has 0 unspecified atom stereocenters. The van der Waals surface area contributed by atoms with Crippen molar-refractivity contribution in [2.45, 2.75) is 25.6 Å². The van der Waals surface area contributed by atoms with E-state index in [0.29, 0.717) is 45.7 Å². The maximum atomic E-state index is 12.1. The summed E-state index contributed by atoms with van der Waals surface area (Å²) in [6.45, 7) is 2.74. The molecule has 5 heteroatoms. The maximum Gasteiger partial charge on any atom is 0.313 e. The average molecular weight is 369 g/mol. The summed E-state index contributed by atoms with van der Waals surface area (Å²) in [6.07, 6.45) is -0.0690. The van der Waals surface area contributed by atoms with Crippen LogP contribution in [0.4, 0.5) is 0 Å². The third-order valence-corrected chi connectivity index (χ3v) is 5.31. The van der Waals surface area contributed by atoms with E-state index in [2.05, 4.69) is 4.90 Å². The van der Waals surface area contributed by atoms with E-state index in [9.17, 15) is 15.0 Å². The quantitative estimate of drug-likeness (QED) is 0.700. The molecule has 2 N–H and O–H groups in total. The largest absolute Gasteiger partial charge is 0.481 e. The van der Waals surface area contributed by atoms with E-state index in [4.69, 9.17) is 4.74 Å². The van der Waals surface area contributed by atoms with Crippen LogP contribution in [-0.2, 0) is 22.6 Å². The number of aliphatic hydroxyl groups excluding tert-OH is 1. The Morgan fingerprint density at radius 1 is 1.07 bits per heavy atom. The van der Waals surface area contributed by atoms with Crippen LogP contribution in [0.15, 0.2) is 60.7 Å². The second-order valence-corrected chi connectivity index (χ2v) is 7.24. The Hall–Kier alpha value is -2.21. The first-order chi connectivity index (χ1) is 13.1. The fourth-order valence-electron chi connectivity index (χ4n) is 3.73. The number of hydrogen-bond acceptors (Lipinski definition) is 4. The van der Waals surface area contributed by atoms with Gasteiger partial charge in [0.05, 0.1) is 19.3 Å². The Morgan fingerprint density at radius 3 is 2.33 bits per heavy atom. The van der Waals surface area contributed by atoms with E-state index in [-0.39, 0.29) is 0 Å². The molecule has 2 aromatic carbocycles. The molecule has 0 saturated carbocycles. The molecule has 144 valence electrons. The predicted octanol–water partition coefficient (Wildman–Crippen LogP) is 2.58. The van der Waals surface area contributed by atoms with Crippen LogP contribution in [0.5, 0.6) is 0 Å². The number of rotatable bonds is 8. The van der Waals surface area contributed by atoms with Crippen molar-refractivity contribution in [2.24, 2.45) is 5.41 Å². The van der Waals surface area contributed by atoms with Crippen LogP contribution < -0.4 is 0 Å². The molecule has 1 saturated heterocycles. The van der Waals surface area contributed by atoms with Crippen LogP contribution in [0, 0.1) is 5.41 Å². The molecule has 0 aliphatic carbocycles. The first kappa shape index (κ1) is 19.5. The fourth-order valence-corrected chi connectivity index (χ4v) is 3.73. The Kier molecular flexibility index (Phi) is 6.61. The summed E-state index contributed by atoms with van der Waals surface area (Å²) in [6, 6.07) is 19.5. The standard InChI is InChI=1S/C22H27NO4/c24-20-11-12-23(13-14-27-16-19-9-5-2-6-10-19)17-22(20,21(25)26)15-18-7-3-1-4-8-18/h1-10,20,24H,11-17H2,(H,25,26)/t20-,22-/m0/s1. The second kappa shape index (κ2) is 9.13. The minimum atomic E-state index is -1.18. The van der Waals surface area contributed by atoms with E-state index in [1.807, 2.05) is 60.7 Å². The Morgan fingerprint density at radius 2 is 1.70 bits per heavy atom. The van der Waals surface area contributed by atoms with Crippen molar-refractivity contribution in [2.75, 3.05) is 26.2 Å². The predicted molar refractivity (Wildman–Crippen MR) is 103 cm³/mol. The number of carbonyl (C=O) groups is 1. The van der Waals surface area contributed by atoms with Gasteiger partial charge in [-0.25, -0.2) is 0 Å². The molecule has 0 spiro atoms. The molecule has 3 rings (SSSR count). The number of carboxylic acids is 1. The summed E-state index contributed by atoms with van der Waals surface area (Å²) in [7, 11) is 0. The van der Waals surface area contributed by atoms with Gasteiger partial charge in [0.1, 0.15) is 5.41 Å². The summed E-state index contributed by atoms with van der Waals surface area (Å²) in [5.41, 5.74) is 0.871. The lowest BCUT2D eigenvalue weighted by molar-refractivity contribution is -0.163. The minimum absolute atomic E-state index is 0.325. The summed E-state index contributed by atoms with van der Waals surface area (Å²) >= 11 is 0. The van der Waals surface area contributed by atoms with Gasteiger partial charge in [-0.05, 0) is 24.0 Å². The molecule has 1 heterocycles. The number of aliphatic carboxylic acids is 1. The highest BCUT2D eigenvalue weighted by Crippen LogP contribution is 2.34. The normalized spacial score (nSPS) is 23.2.